The maximum Gasteiger partial charge on any atom is 0.411 e. The second kappa shape index (κ2) is 5.71. The first-order valence-corrected chi connectivity index (χ1v) is 6.69. The summed E-state index contributed by atoms with van der Waals surface area (Å²) in [6.45, 7) is 2.12. The van der Waals surface area contributed by atoms with E-state index in [1.807, 2.05) is 61.5 Å². The van der Waals surface area contributed by atoms with E-state index in [0.29, 0.717) is 5.69 Å². The highest BCUT2D eigenvalue weighted by Crippen LogP contribution is 2.26. The molecule has 0 aliphatic heterocycles. The van der Waals surface area contributed by atoms with Crippen molar-refractivity contribution in [2.75, 3.05) is 5.32 Å². The fourth-order valence-corrected chi connectivity index (χ4v) is 2.17. The maximum atomic E-state index is 11.9. The Morgan fingerprint density at radius 1 is 1.14 bits per heavy atom. The molecule has 4 nitrogen and oxygen atoms in total. The average Bonchev–Trinajstić information content (AvgIpc) is 2.88. The molecule has 3 aromatic rings. The number of hydrogen-bond donors (Lipinski definition) is 1. The van der Waals surface area contributed by atoms with Gasteiger partial charge in [-0.2, -0.15) is 0 Å². The van der Waals surface area contributed by atoms with Crippen LogP contribution in [0.15, 0.2) is 59.0 Å². The molecular weight excluding hydrogens is 266 g/mol. The molecule has 1 N–H and O–H groups in total. The standard InChI is InChI=1S/C17H15NO3/c1-12-10-14-15(8-5-9-16(14)21-12)18-17(19)20-11-13-6-3-2-4-7-13/h2-10H,11H2,1H3,(H,18,19). The Hall–Kier alpha value is -2.75. The van der Waals surface area contributed by atoms with E-state index in [1.54, 1.807) is 0 Å². The van der Waals surface area contributed by atoms with Gasteiger partial charge in [-0.3, -0.25) is 5.32 Å². The van der Waals surface area contributed by atoms with Crippen LogP contribution in [0.25, 0.3) is 11.0 Å². The second-order valence-corrected chi connectivity index (χ2v) is 4.76. The van der Waals surface area contributed by atoms with Gasteiger partial charge in [0, 0.05) is 5.39 Å². The lowest BCUT2D eigenvalue weighted by Crippen LogP contribution is -2.13. The molecule has 1 aromatic heterocycles. The molecule has 0 aliphatic rings. The van der Waals surface area contributed by atoms with Gasteiger partial charge in [-0.25, -0.2) is 4.79 Å². The van der Waals surface area contributed by atoms with Crippen molar-refractivity contribution in [3.8, 4) is 0 Å². The number of fused-ring (bicyclic) bond motifs is 1. The molecule has 0 aliphatic carbocycles. The van der Waals surface area contributed by atoms with Crippen LogP contribution in [-0.4, -0.2) is 6.09 Å². The third-order valence-corrected chi connectivity index (χ3v) is 3.13. The third kappa shape index (κ3) is 3.05. The van der Waals surface area contributed by atoms with Gasteiger partial charge in [0.2, 0.25) is 0 Å². The lowest BCUT2D eigenvalue weighted by molar-refractivity contribution is 0.155. The fourth-order valence-electron chi connectivity index (χ4n) is 2.17. The molecule has 2 aromatic carbocycles. The van der Waals surface area contributed by atoms with Gasteiger partial charge in [0.05, 0.1) is 5.69 Å². The van der Waals surface area contributed by atoms with E-state index in [9.17, 15) is 4.79 Å². The van der Waals surface area contributed by atoms with Crippen LogP contribution in [0.4, 0.5) is 10.5 Å². The van der Waals surface area contributed by atoms with Gasteiger partial charge in [0.25, 0.3) is 0 Å². The number of carbonyl (C=O) groups excluding carboxylic acids is 1. The van der Waals surface area contributed by atoms with Crippen LogP contribution in [0.1, 0.15) is 11.3 Å². The van der Waals surface area contributed by atoms with E-state index in [4.69, 9.17) is 9.15 Å². The number of anilines is 1. The molecular formula is C17H15NO3. The van der Waals surface area contributed by atoms with Gasteiger partial charge in [-0.15, -0.1) is 0 Å². The van der Waals surface area contributed by atoms with Crippen LogP contribution in [0.5, 0.6) is 0 Å². The van der Waals surface area contributed by atoms with Gasteiger partial charge in [-0.05, 0) is 30.7 Å². The third-order valence-electron chi connectivity index (χ3n) is 3.13. The van der Waals surface area contributed by atoms with Gasteiger partial charge < -0.3 is 9.15 Å². The molecule has 21 heavy (non-hydrogen) atoms. The van der Waals surface area contributed by atoms with Crippen LogP contribution in [0.2, 0.25) is 0 Å². The van der Waals surface area contributed by atoms with E-state index in [1.165, 1.54) is 0 Å². The lowest BCUT2D eigenvalue weighted by Gasteiger charge is -2.07. The summed E-state index contributed by atoms with van der Waals surface area (Å²) in [5.41, 5.74) is 2.38. The Balaban J connectivity index is 1.69. The van der Waals surface area contributed by atoms with Crippen LogP contribution < -0.4 is 5.32 Å². The molecule has 4 heteroatoms. The first-order valence-electron chi connectivity index (χ1n) is 6.69. The minimum Gasteiger partial charge on any atom is -0.461 e. The van der Waals surface area contributed by atoms with Gasteiger partial charge in [-0.1, -0.05) is 36.4 Å². The van der Waals surface area contributed by atoms with Gasteiger partial charge in [0.1, 0.15) is 18.0 Å². The summed E-state index contributed by atoms with van der Waals surface area (Å²) in [6.07, 6.45) is -0.481. The van der Waals surface area contributed by atoms with Crippen molar-refractivity contribution < 1.29 is 13.9 Å². The molecule has 106 valence electrons. The number of carbonyl (C=O) groups is 1. The summed E-state index contributed by atoms with van der Waals surface area (Å²) in [7, 11) is 0. The molecule has 0 saturated carbocycles. The molecule has 0 spiro atoms. The molecule has 1 heterocycles. The number of aryl methyl sites for hydroxylation is 1. The van der Waals surface area contributed by atoms with Crippen LogP contribution >= 0.6 is 0 Å². The number of benzene rings is 2. The van der Waals surface area contributed by atoms with E-state index >= 15 is 0 Å². The maximum absolute atomic E-state index is 11.9. The normalized spacial score (nSPS) is 10.5. The number of nitrogens with one attached hydrogen (secondary N) is 1. The monoisotopic (exact) mass is 281 g/mol. The van der Waals surface area contributed by atoms with Crippen molar-refractivity contribution in [3.05, 3.63) is 65.9 Å². The number of furan rings is 1. The van der Waals surface area contributed by atoms with E-state index < -0.39 is 6.09 Å². The molecule has 0 bridgehead atoms. The summed E-state index contributed by atoms with van der Waals surface area (Å²) in [5, 5.41) is 3.61. The van der Waals surface area contributed by atoms with Crippen molar-refractivity contribution in [2.24, 2.45) is 0 Å². The molecule has 1 amide bonds. The van der Waals surface area contributed by atoms with Crippen LogP contribution in [0.3, 0.4) is 0 Å². The first-order chi connectivity index (χ1) is 10.2. The molecule has 0 radical (unpaired) electrons. The molecule has 0 saturated heterocycles. The number of ether oxygens (including phenoxy) is 1. The van der Waals surface area contributed by atoms with Crippen molar-refractivity contribution in [1.29, 1.82) is 0 Å². The van der Waals surface area contributed by atoms with Crippen molar-refractivity contribution in [1.82, 2.24) is 0 Å². The number of amides is 1. The SMILES string of the molecule is Cc1cc2c(NC(=O)OCc3ccccc3)cccc2o1. The van der Waals surface area contributed by atoms with E-state index in [0.717, 1.165) is 22.3 Å². The topological polar surface area (TPSA) is 51.5 Å². The quantitative estimate of drug-likeness (QED) is 0.769. The first kappa shape index (κ1) is 13.2. The number of hydrogen-bond acceptors (Lipinski definition) is 3. The van der Waals surface area contributed by atoms with Crippen LogP contribution in [0, 0.1) is 6.92 Å². The molecule has 0 unspecified atom stereocenters. The van der Waals surface area contributed by atoms with E-state index in [2.05, 4.69) is 5.32 Å². The second-order valence-electron chi connectivity index (χ2n) is 4.76. The van der Waals surface area contributed by atoms with Gasteiger partial charge >= 0.3 is 6.09 Å². The van der Waals surface area contributed by atoms with Crippen LogP contribution in [-0.2, 0) is 11.3 Å². The minimum atomic E-state index is -0.481. The zero-order valence-electron chi connectivity index (χ0n) is 11.6. The highest BCUT2D eigenvalue weighted by atomic mass is 16.5. The number of rotatable bonds is 3. The predicted octanol–water partition coefficient (Wildman–Crippen LogP) is 4.49. The zero-order valence-corrected chi connectivity index (χ0v) is 11.6. The van der Waals surface area contributed by atoms with Crippen molar-refractivity contribution in [2.45, 2.75) is 13.5 Å². The van der Waals surface area contributed by atoms with Crippen molar-refractivity contribution >= 4 is 22.7 Å². The van der Waals surface area contributed by atoms with Crippen molar-refractivity contribution in [3.63, 3.8) is 0 Å². The lowest BCUT2D eigenvalue weighted by atomic mass is 10.2. The zero-order chi connectivity index (χ0) is 14.7. The molecule has 0 atom stereocenters. The molecule has 0 fully saturated rings. The smallest absolute Gasteiger partial charge is 0.411 e. The Bertz CT molecular complexity index is 762. The Morgan fingerprint density at radius 3 is 2.76 bits per heavy atom. The largest absolute Gasteiger partial charge is 0.461 e. The highest BCUT2D eigenvalue weighted by Gasteiger charge is 2.09. The Morgan fingerprint density at radius 2 is 1.95 bits per heavy atom. The fraction of sp³-hybridized carbons (Fsp3) is 0.118. The summed E-state index contributed by atoms with van der Waals surface area (Å²) in [6, 6.07) is 17.0. The van der Waals surface area contributed by atoms with E-state index in [-0.39, 0.29) is 6.61 Å². The Labute approximate surface area is 122 Å². The Kier molecular flexibility index (Phi) is 3.60. The summed E-state index contributed by atoms with van der Waals surface area (Å²) >= 11 is 0. The predicted molar refractivity (Wildman–Crippen MR) is 81.2 cm³/mol. The summed E-state index contributed by atoms with van der Waals surface area (Å²) in [4.78, 5) is 11.9. The van der Waals surface area contributed by atoms with Gasteiger partial charge in [0.15, 0.2) is 0 Å². The summed E-state index contributed by atoms with van der Waals surface area (Å²) in [5.74, 6) is 0.803. The molecule has 3 rings (SSSR count). The summed E-state index contributed by atoms with van der Waals surface area (Å²) < 4.78 is 10.7. The minimum absolute atomic E-state index is 0.243. The average molecular weight is 281 g/mol. The highest BCUT2D eigenvalue weighted by molar-refractivity contribution is 5.98.